The first-order valence-electron chi connectivity index (χ1n) is 4.65. The lowest BCUT2D eigenvalue weighted by atomic mass is 10.0. The van der Waals surface area contributed by atoms with Gasteiger partial charge in [-0.2, -0.15) is 5.10 Å². The number of nitrogens with zero attached hydrogens (tertiary/aromatic N) is 1. The third-order valence-electron chi connectivity index (χ3n) is 2.14. The predicted octanol–water partition coefficient (Wildman–Crippen LogP) is 1.27. The van der Waals surface area contributed by atoms with Crippen molar-refractivity contribution in [2.75, 3.05) is 0 Å². The van der Waals surface area contributed by atoms with Gasteiger partial charge in [0.2, 0.25) is 0 Å². The van der Waals surface area contributed by atoms with E-state index in [0.29, 0.717) is 11.1 Å². The molecule has 2 aromatic rings. The third-order valence-corrected chi connectivity index (χ3v) is 2.14. The second-order valence-electron chi connectivity index (χ2n) is 3.37. The molecule has 0 saturated heterocycles. The summed E-state index contributed by atoms with van der Waals surface area (Å²) >= 11 is 0. The molecule has 0 atom stereocenters. The molecular formula is C11H7FN2O3. The molecule has 86 valence electrons. The lowest BCUT2D eigenvalue weighted by Gasteiger charge is -2.02. The Labute approximate surface area is 94.5 Å². The first-order chi connectivity index (χ1) is 8.06. The quantitative estimate of drug-likeness (QED) is 0.819. The maximum absolute atomic E-state index is 13.2. The predicted molar refractivity (Wildman–Crippen MR) is 57.2 cm³/mol. The van der Waals surface area contributed by atoms with Gasteiger partial charge in [-0.3, -0.25) is 4.79 Å². The van der Waals surface area contributed by atoms with Gasteiger partial charge in [0.25, 0.3) is 5.56 Å². The molecule has 0 aliphatic carbocycles. The topological polar surface area (TPSA) is 83.0 Å². The fourth-order valence-electron chi connectivity index (χ4n) is 1.41. The lowest BCUT2D eigenvalue weighted by molar-refractivity contribution is 0.0696. The van der Waals surface area contributed by atoms with Crippen LogP contribution in [-0.4, -0.2) is 21.3 Å². The summed E-state index contributed by atoms with van der Waals surface area (Å²) in [5, 5.41) is 14.5. The van der Waals surface area contributed by atoms with Crippen LogP contribution in [0.1, 0.15) is 10.4 Å². The van der Waals surface area contributed by atoms with E-state index in [1.54, 1.807) is 0 Å². The second kappa shape index (κ2) is 4.17. The molecule has 1 aromatic carbocycles. The Morgan fingerprint density at radius 3 is 2.65 bits per heavy atom. The smallest absolute Gasteiger partial charge is 0.335 e. The molecule has 2 N–H and O–H groups in total. The van der Waals surface area contributed by atoms with E-state index < -0.39 is 17.3 Å². The van der Waals surface area contributed by atoms with Crippen molar-refractivity contribution >= 4 is 5.97 Å². The van der Waals surface area contributed by atoms with Crippen LogP contribution < -0.4 is 5.56 Å². The highest BCUT2D eigenvalue weighted by atomic mass is 19.1. The van der Waals surface area contributed by atoms with Crippen molar-refractivity contribution in [2.45, 2.75) is 0 Å². The summed E-state index contributed by atoms with van der Waals surface area (Å²) in [5.41, 5.74) is 0.0284. The number of rotatable bonds is 2. The highest BCUT2D eigenvalue weighted by Crippen LogP contribution is 2.20. The van der Waals surface area contributed by atoms with Gasteiger partial charge in [-0.15, -0.1) is 0 Å². The largest absolute Gasteiger partial charge is 0.478 e. The van der Waals surface area contributed by atoms with Gasteiger partial charge in [0, 0.05) is 11.6 Å². The molecule has 1 aromatic heterocycles. The highest BCUT2D eigenvalue weighted by Gasteiger charge is 2.08. The molecule has 17 heavy (non-hydrogen) atoms. The molecule has 0 unspecified atom stereocenters. The number of hydrogen-bond donors (Lipinski definition) is 2. The van der Waals surface area contributed by atoms with Gasteiger partial charge in [-0.05, 0) is 23.8 Å². The molecule has 1 heterocycles. The number of hydrogen-bond acceptors (Lipinski definition) is 3. The number of aromatic nitrogens is 2. The fourth-order valence-corrected chi connectivity index (χ4v) is 1.41. The van der Waals surface area contributed by atoms with Crippen LogP contribution in [0.25, 0.3) is 11.1 Å². The molecule has 0 amide bonds. The Hall–Kier alpha value is -2.50. The van der Waals surface area contributed by atoms with Crippen LogP contribution in [0.2, 0.25) is 0 Å². The zero-order chi connectivity index (χ0) is 12.4. The standard InChI is InChI=1S/C11H7FN2O3/c12-9-2-6(1-7(3-9)11(16)17)8-4-10(15)14-13-5-8/h1-5H,(H,14,15)(H,16,17). The molecule has 0 fully saturated rings. The van der Waals surface area contributed by atoms with E-state index in [1.165, 1.54) is 18.3 Å². The Bertz CT molecular complexity index is 637. The van der Waals surface area contributed by atoms with E-state index in [1.807, 2.05) is 0 Å². The molecule has 0 spiro atoms. The van der Waals surface area contributed by atoms with E-state index in [-0.39, 0.29) is 5.56 Å². The first kappa shape index (κ1) is 11.0. The SMILES string of the molecule is O=C(O)c1cc(F)cc(-c2cn[nH]c(=O)c2)c1. The average molecular weight is 234 g/mol. The molecule has 0 radical (unpaired) electrons. The van der Waals surface area contributed by atoms with Crippen molar-refractivity contribution in [3.8, 4) is 11.1 Å². The highest BCUT2D eigenvalue weighted by molar-refractivity contribution is 5.89. The Balaban J connectivity index is 2.59. The van der Waals surface area contributed by atoms with Crippen LogP contribution in [0, 0.1) is 5.82 Å². The summed E-state index contributed by atoms with van der Waals surface area (Å²) in [4.78, 5) is 21.8. The molecule has 0 aliphatic heterocycles. The minimum absolute atomic E-state index is 0.180. The number of carbonyl (C=O) groups is 1. The molecular weight excluding hydrogens is 227 g/mol. The van der Waals surface area contributed by atoms with Gasteiger partial charge >= 0.3 is 5.97 Å². The zero-order valence-corrected chi connectivity index (χ0v) is 8.48. The minimum Gasteiger partial charge on any atom is -0.478 e. The maximum Gasteiger partial charge on any atom is 0.335 e. The number of benzene rings is 1. The molecule has 0 aliphatic rings. The molecule has 2 rings (SSSR count). The summed E-state index contributed by atoms with van der Waals surface area (Å²) in [6, 6.07) is 4.55. The van der Waals surface area contributed by atoms with Crippen molar-refractivity contribution in [2.24, 2.45) is 0 Å². The van der Waals surface area contributed by atoms with E-state index in [2.05, 4.69) is 10.2 Å². The number of aromatic carboxylic acids is 1. The summed E-state index contributed by atoms with van der Waals surface area (Å²) < 4.78 is 13.2. The number of carboxylic acids is 1. The summed E-state index contributed by atoms with van der Waals surface area (Å²) in [5.74, 6) is -1.91. The van der Waals surface area contributed by atoms with E-state index >= 15 is 0 Å². The first-order valence-corrected chi connectivity index (χ1v) is 4.65. The zero-order valence-electron chi connectivity index (χ0n) is 8.48. The Morgan fingerprint density at radius 1 is 1.24 bits per heavy atom. The number of halogens is 1. The van der Waals surface area contributed by atoms with Crippen LogP contribution in [-0.2, 0) is 0 Å². The van der Waals surface area contributed by atoms with Crippen LogP contribution in [0.5, 0.6) is 0 Å². The van der Waals surface area contributed by atoms with Gasteiger partial charge in [0.15, 0.2) is 0 Å². The van der Waals surface area contributed by atoms with Crippen molar-refractivity contribution in [3.05, 3.63) is 52.2 Å². The number of H-pyrrole nitrogens is 1. The summed E-state index contributed by atoms with van der Waals surface area (Å²) in [6.07, 6.45) is 1.32. The van der Waals surface area contributed by atoms with Gasteiger partial charge < -0.3 is 5.11 Å². The number of carboxylic acid groups (broad SMARTS) is 1. The van der Waals surface area contributed by atoms with Crippen LogP contribution >= 0.6 is 0 Å². The van der Waals surface area contributed by atoms with Crippen LogP contribution in [0.4, 0.5) is 4.39 Å². The monoisotopic (exact) mass is 234 g/mol. The fraction of sp³-hybridized carbons (Fsp3) is 0. The molecule has 0 bridgehead atoms. The Morgan fingerprint density at radius 2 is 2.00 bits per heavy atom. The van der Waals surface area contributed by atoms with E-state index in [4.69, 9.17) is 5.11 Å². The third kappa shape index (κ3) is 2.36. The van der Waals surface area contributed by atoms with Crippen molar-refractivity contribution in [1.29, 1.82) is 0 Å². The van der Waals surface area contributed by atoms with Crippen molar-refractivity contribution in [1.82, 2.24) is 10.2 Å². The van der Waals surface area contributed by atoms with Crippen LogP contribution in [0.15, 0.2) is 35.3 Å². The normalized spacial score (nSPS) is 10.2. The van der Waals surface area contributed by atoms with Gasteiger partial charge in [-0.1, -0.05) is 0 Å². The minimum atomic E-state index is -1.23. The summed E-state index contributed by atoms with van der Waals surface area (Å²) in [7, 11) is 0. The number of nitrogens with one attached hydrogen (secondary N) is 1. The van der Waals surface area contributed by atoms with Crippen molar-refractivity contribution < 1.29 is 14.3 Å². The number of aromatic amines is 1. The molecule has 5 nitrogen and oxygen atoms in total. The lowest BCUT2D eigenvalue weighted by Crippen LogP contribution is -2.06. The van der Waals surface area contributed by atoms with E-state index in [9.17, 15) is 14.0 Å². The van der Waals surface area contributed by atoms with Gasteiger partial charge in [0.1, 0.15) is 5.82 Å². The average Bonchev–Trinajstić information content (AvgIpc) is 2.28. The van der Waals surface area contributed by atoms with E-state index in [0.717, 1.165) is 12.1 Å². The molecule has 6 heteroatoms. The van der Waals surface area contributed by atoms with Crippen LogP contribution in [0.3, 0.4) is 0 Å². The van der Waals surface area contributed by atoms with Gasteiger partial charge in [-0.25, -0.2) is 14.3 Å². The maximum atomic E-state index is 13.2. The Kier molecular flexibility index (Phi) is 2.70. The summed E-state index contributed by atoms with van der Waals surface area (Å²) in [6.45, 7) is 0. The van der Waals surface area contributed by atoms with Crippen molar-refractivity contribution in [3.63, 3.8) is 0 Å². The molecule has 0 saturated carbocycles. The van der Waals surface area contributed by atoms with Gasteiger partial charge in [0.05, 0.1) is 11.8 Å². The second-order valence-corrected chi connectivity index (χ2v) is 3.37.